The lowest BCUT2D eigenvalue weighted by atomic mass is 9.98. The second-order valence-corrected chi connectivity index (χ2v) is 10.8. The van der Waals surface area contributed by atoms with Gasteiger partial charge in [-0.25, -0.2) is 14.8 Å². The highest BCUT2D eigenvalue weighted by molar-refractivity contribution is 7.15. The first kappa shape index (κ1) is 22.4. The zero-order valence-electron chi connectivity index (χ0n) is 19.5. The minimum Gasteiger partial charge on any atom is -0.508 e. The fraction of sp³-hybridized carbons (Fsp3) is 0.0690. The number of aromatic hydroxyl groups is 1. The lowest BCUT2D eigenvalue weighted by Gasteiger charge is -2.10. The Morgan fingerprint density at radius 1 is 0.722 bits per heavy atom. The Labute approximate surface area is 215 Å². The third-order valence-electron chi connectivity index (χ3n) is 6.00. The number of nitrogens with zero attached hydrogens (tertiary/aromatic N) is 2. The standard InChI is InChI=1S/C29H20N2O3S2/c1-16-25(30-27(35-16)18-9-5-3-6-10-18)23-21-14-13-20(32)15-22(21)34-29(33)24(23)26-17(2)36-28(31-26)19-11-7-4-8-12-19/h3-15,32H,1-2H3. The van der Waals surface area contributed by atoms with Crippen LogP contribution in [0.2, 0.25) is 0 Å². The molecule has 6 aromatic rings. The Hall–Kier alpha value is -4.07. The molecule has 0 saturated heterocycles. The molecular formula is C29H20N2O3S2. The van der Waals surface area contributed by atoms with Crippen LogP contribution < -0.4 is 5.63 Å². The fourth-order valence-electron chi connectivity index (χ4n) is 4.32. The number of rotatable bonds is 4. The van der Waals surface area contributed by atoms with E-state index in [1.54, 1.807) is 23.5 Å². The maximum Gasteiger partial charge on any atom is 0.346 e. The summed E-state index contributed by atoms with van der Waals surface area (Å²) in [5, 5.41) is 12.5. The van der Waals surface area contributed by atoms with Crippen LogP contribution in [0.1, 0.15) is 9.75 Å². The molecular weight excluding hydrogens is 488 g/mol. The van der Waals surface area contributed by atoms with E-state index in [1.165, 1.54) is 17.4 Å². The number of hydrogen-bond donors (Lipinski definition) is 1. The van der Waals surface area contributed by atoms with Gasteiger partial charge in [0, 0.05) is 37.9 Å². The number of benzene rings is 3. The number of aromatic nitrogens is 2. The van der Waals surface area contributed by atoms with Crippen molar-refractivity contribution in [2.24, 2.45) is 0 Å². The molecule has 0 fully saturated rings. The van der Waals surface area contributed by atoms with Gasteiger partial charge in [-0.15, -0.1) is 22.7 Å². The van der Waals surface area contributed by atoms with Gasteiger partial charge in [-0.05, 0) is 26.0 Å². The molecule has 36 heavy (non-hydrogen) atoms. The van der Waals surface area contributed by atoms with Crippen molar-refractivity contribution in [1.82, 2.24) is 9.97 Å². The van der Waals surface area contributed by atoms with Gasteiger partial charge in [0.25, 0.3) is 0 Å². The van der Waals surface area contributed by atoms with Gasteiger partial charge in [0.05, 0.1) is 17.0 Å². The molecule has 7 heteroatoms. The van der Waals surface area contributed by atoms with Crippen LogP contribution in [0.15, 0.2) is 88.1 Å². The number of aryl methyl sites for hydroxylation is 2. The Morgan fingerprint density at radius 3 is 1.81 bits per heavy atom. The first-order valence-electron chi connectivity index (χ1n) is 11.4. The van der Waals surface area contributed by atoms with Gasteiger partial charge in [-0.2, -0.15) is 0 Å². The summed E-state index contributed by atoms with van der Waals surface area (Å²) >= 11 is 3.12. The summed E-state index contributed by atoms with van der Waals surface area (Å²) < 4.78 is 5.72. The fourth-order valence-corrected chi connectivity index (χ4v) is 6.17. The molecule has 3 heterocycles. The van der Waals surface area contributed by atoms with Crippen LogP contribution in [0.5, 0.6) is 5.75 Å². The van der Waals surface area contributed by atoms with E-state index < -0.39 is 5.63 Å². The van der Waals surface area contributed by atoms with Crippen LogP contribution in [-0.4, -0.2) is 15.1 Å². The largest absolute Gasteiger partial charge is 0.508 e. The normalized spacial score (nSPS) is 11.3. The summed E-state index contributed by atoms with van der Waals surface area (Å²) in [6.45, 7) is 3.97. The summed E-state index contributed by atoms with van der Waals surface area (Å²) in [6.07, 6.45) is 0. The van der Waals surface area contributed by atoms with Gasteiger partial charge in [-0.1, -0.05) is 60.7 Å². The zero-order chi connectivity index (χ0) is 24.8. The van der Waals surface area contributed by atoms with Crippen molar-refractivity contribution in [3.05, 3.63) is 99.0 Å². The molecule has 5 nitrogen and oxygen atoms in total. The van der Waals surface area contributed by atoms with Gasteiger partial charge in [0.2, 0.25) is 0 Å². The van der Waals surface area contributed by atoms with Crippen LogP contribution in [0.25, 0.3) is 54.6 Å². The van der Waals surface area contributed by atoms with E-state index in [0.29, 0.717) is 33.5 Å². The van der Waals surface area contributed by atoms with E-state index in [-0.39, 0.29) is 5.75 Å². The summed E-state index contributed by atoms with van der Waals surface area (Å²) in [5.74, 6) is 0.0283. The molecule has 0 bridgehead atoms. The third-order valence-corrected chi connectivity index (χ3v) is 8.04. The van der Waals surface area contributed by atoms with Crippen LogP contribution >= 0.6 is 22.7 Å². The van der Waals surface area contributed by atoms with E-state index in [1.807, 2.05) is 74.5 Å². The molecule has 0 saturated carbocycles. The molecule has 3 aromatic heterocycles. The van der Waals surface area contributed by atoms with Gasteiger partial charge in [0.1, 0.15) is 21.3 Å². The number of thiazole rings is 2. The quantitative estimate of drug-likeness (QED) is 0.247. The molecule has 6 rings (SSSR count). The second-order valence-electron chi connectivity index (χ2n) is 8.40. The van der Waals surface area contributed by atoms with Crippen molar-refractivity contribution in [2.45, 2.75) is 13.8 Å². The molecule has 0 spiro atoms. The van der Waals surface area contributed by atoms with Gasteiger partial charge < -0.3 is 9.52 Å². The molecule has 176 valence electrons. The van der Waals surface area contributed by atoms with Gasteiger partial charge in [-0.3, -0.25) is 0 Å². The van der Waals surface area contributed by atoms with Crippen molar-refractivity contribution in [3.63, 3.8) is 0 Å². The Morgan fingerprint density at radius 2 is 1.25 bits per heavy atom. The molecule has 0 aliphatic rings. The summed E-state index contributed by atoms with van der Waals surface area (Å²) in [7, 11) is 0. The monoisotopic (exact) mass is 508 g/mol. The average molecular weight is 509 g/mol. The number of fused-ring (bicyclic) bond motifs is 1. The van der Waals surface area contributed by atoms with Gasteiger partial charge in [0.15, 0.2) is 0 Å². The van der Waals surface area contributed by atoms with E-state index in [2.05, 4.69) is 0 Å². The Kier molecular flexibility index (Phi) is 5.51. The van der Waals surface area contributed by atoms with Crippen molar-refractivity contribution < 1.29 is 9.52 Å². The lowest BCUT2D eigenvalue weighted by Crippen LogP contribution is -2.07. The minimum absolute atomic E-state index is 0.0283. The SMILES string of the molecule is Cc1sc(-c2ccccc2)nc1-c1c(-c2nc(-c3ccccc3)sc2C)c2ccc(O)cc2oc1=O. The highest BCUT2D eigenvalue weighted by atomic mass is 32.1. The number of phenolic OH excluding ortho intramolecular Hbond substituents is 1. The second kappa shape index (κ2) is 8.86. The number of phenols is 1. The van der Waals surface area contributed by atoms with Crippen LogP contribution in [0.4, 0.5) is 0 Å². The molecule has 3 aromatic carbocycles. The number of hydrogen-bond acceptors (Lipinski definition) is 7. The lowest BCUT2D eigenvalue weighted by molar-refractivity contribution is 0.473. The average Bonchev–Trinajstić information content (AvgIpc) is 3.46. The van der Waals surface area contributed by atoms with E-state index >= 15 is 0 Å². The highest BCUT2D eigenvalue weighted by Gasteiger charge is 2.26. The van der Waals surface area contributed by atoms with Crippen molar-refractivity contribution in [1.29, 1.82) is 0 Å². The van der Waals surface area contributed by atoms with E-state index in [4.69, 9.17) is 14.4 Å². The Balaban J connectivity index is 1.65. The van der Waals surface area contributed by atoms with Crippen LogP contribution in [-0.2, 0) is 0 Å². The molecule has 0 aliphatic heterocycles. The van der Waals surface area contributed by atoms with E-state index in [0.717, 1.165) is 30.9 Å². The molecule has 0 aliphatic carbocycles. The zero-order valence-corrected chi connectivity index (χ0v) is 21.1. The van der Waals surface area contributed by atoms with Crippen molar-refractivity contribution >= 4 is 33.6 Å². The van der Waals surface area contributed by atoms with E-state index in [9.17, 15) is 9.90 Å². The smallest absolute Gasteiger partial charge is 0.346 e. The first-order valence-corrected chi connectivity index (χ1v) is 13.0. The predicted molar refractivity (Wildman–Crippen MR) is 147 cm³/mol. The molecule has 1 N–H and O–H groups in total. The summed E-state index contributed by atoms with van der Waals surface area (Å²) in [6, 6.07) is 24.7. The van der Waals surface area contributed by atoms with Crippen molar-refractivity contribution in [3.8, 4) is 49.4 Å². The van der Waals surface area contributed by atoms with Crippen LogP contribution in [0.3, 0.4) is 0 Å². The minimum atomic E-state index is -0.509. The summed E-state index contributed by atoms with van der Waals surface area (Å²) in [4.78, 5) is 25.3. The van der Waals surface area contributed by atoms with Crippen LogP contribution in [0, 0.1) is 13.8 Å². The highest BCUT2D eigenvalue weighted by Crippen LogP contribution is 2.43. The maximum atomic E-state index is 13.5. The first-order chi connectivity index (χ1) is 17.5. The maximum absolute atomic E-state index is 13.5. The molecule has 0 amide bonds. The summed E-state index contributed by atoms with van der Waals surface area (Å²) in [5.41, 5.74) is 4.16. The molecule has 0 radical (unpaired) electrons. The topological polar surface area (TPSA) is 76.2 Å². The van der Waals surface area contributed by atoms with Crippen molar-refractivity contribution in [2.75, 3.05) is 0 Å². The third kappa shape index (κ3) is 3.82. The Bertz CT molecular complexity index is 1780. The van der Waals surface area contributed by atoms with Gasteiger partial charge >= 0.3 is 5.63 Å². The molecule has 0 atom stereocenters. The predicted octanol–water partition coefficient (Wildman–Crippen LogP) is 7.70. The molecule has 0 unspecified atom stereocenters.